The molecule has 0 aromatic heterocycles. The van der Waals surface area contributed by atoms with Gasteiger partial charge < -0.3 is 14.5 Å². The van der Waals surface area contributed by atoms with E-state index in [4.69, 9.17) is 10.1 Å². The van der Waals surface area contributed by atoms with Gasteiger partial charge in [-0.05, 0) is 64.2 Å². The Morgan fingerprint density at radius 2 is 1.69 bits per heavy atom. The second-order valence-corrected chi connectivity index (χ2v) is 10.9. The topological polar surface area (TPSA) is 85.7 Å². The second-order valence-electron chi connectivity index (χ2n) is 9.98. The van der Waals surface area contributed by atoms with Crippen LogP contribution in [0.1, 0.15) is 59.9 Å². The standard InChI is InChI=1S/C24H37BrN4O3/c1-16(2)24(6,17-8-10-18(25)11-9-17)20(26)27-21(30)29-14-12-19(13-15-29)28(7)22(31)32-23(3,4)5/h8-11,16,19H,12-15H2,1-7H3,(H2,26,27,30). The number of piperidine rings is 1. The minimum absolute atomic E-state index is 0.0250. The van der Waals surface area contributed by atoms with E-state index in [0.29, 0.717) is 25.9 Å². The van der Waals surface area contributed by atoms with Crippen molar-refractivity contribution in [2.45, 2.75) is 71.4 Å². The fourth-order valence-electron chi connectivity index (χ4n) is 3.82. The number of likely N-dealkylation sites (tertiary alicyclic amines) is 1. The van der Waals surface area contributed by atoms with E-state index in [9.17, 15) is 9.59 Å². The molecule has 2 N–H and O–H groups in total. The van der Waals surface area contributed by atoms with Crippen molar-refractivity contribution in [1.29, 1.82) is 5.41 Å². The Morgan fingerprint density at radius 3 is 2.16 bits per heavy atom. The van der Waals surface area contributed by atoms with Gasteiger partial charge in [0, 0.05) is 30.7 Å². The molecule has 2 rings (SSSR count). The van der Waals surface area contributed by atoms with Crippen molar-refractivity contribution in [2.75, 3.05) is 20.1 Å². The zero-order valence-electron chi connectivity index (χ0n) is 20.3. The van der Waals surface area contributed by atoms with Crippen LogP contribution < -0.4 is 5.32 Å². The lowest BCUT2D eigenvalue weighted by Crippen LogP contribution is -2.54. The second kappa shape index (κ2) is 10.2. The molecular formula is C24H37BrN4O3. The third-order valence-corrected chi connectivity index (χ3v) is 6.86. The third-order valence-electron chi connectivity index (χ3n) is 6.33. The number of ether oxygens (including phenoxy) is 1. The Balaban J connectivity index is 1.99. The van der Waals surface area contributed by atoms with E-state index in [2.05, 4.69) is 35.1 Å². The van der Waals surface area contributed by atoms with Crippen LogP contribution in [0.2, 0.25) is 0 Å². The Labute approximate surface area is 200 Å². The molecule has 1 aromatic carbocycles. The lowest BCUT2D eigenvalue weighted by Gasteiger charge is -2.39. The number of hydrogen-bond acceptors (Lipinski definition) is 4. The van der Waals surface area contributed by atoms with Crippen LogP contribution in [-0.2, 0) is 10.2 Å². The Morgan fingerprint density at radius 1 is 1.16 bits per heavy atom. The van der Waals surface area contributed by atoms with Gasteiger partial charge in [-0.15, -0.1) is 0 Å². The molecule has 1 fully saturated rings. The maximum absolute atomic E-state index is 12.9. The van der Waals surface area contributed by atoms with Crippen molar-refractivity contribution in [3.8, 4) is 0 Å². The Bertz CT molecular complexity index is 827. The fourth-order valence-corrected chi connectivity index (χ4v) is 4.08. The first-order valence-electron chi connectivity index (χ1n) is 11.1. The molecule has 0 saturated carbocycles. The van der Waals surface area contributed by atoms with E-state index in [1.165, 1.54) is 0 Å². The van der Waals surface area contributed by atoms with Crippen molar-refractivity contribution >= 4 is 33.9 Å². The summed E-state index contributed by atoms with van der Waals surface area (Å²) in [6, 6.07) is 7.65. The molecule has 32 heavy (non-hydrogen) atoms. The molecule has 1 atom stereocenters. The summed E-state index contributed by atoms with van der Waals surface area (Å²) in [5.74, 6) is 0.303. The number of amides is 3. The normalized spacial score (nSPS) is 17.0. The van der Waals surface area contributed by atoms with Crippen LogP contribution in [0, 0.1) is 11.3 Å². The summed E-state index contributed by atoms with van der Waals surface area (Å²) in [7, 11) is 1.75. The first kappa shape index (κ1) is 26.2. The minimum Gasteiger partial charge on any atom is -0.444 e. The van der Waals surface area contributed by atoms with Crippen LogP contribution in [0.3, 0.4) is 0 Å². The maximum Gasteiger partial charge on any atom is 0.410 e. The molecule has 8 heteroatoms. The fraction of sp³-hybridized carbons (Fsp3) is 0.625. The molecule has 0 aliphatic carbocycles. The van der Waals surface area contributed by atoms with Gasteiger partial charge in [0.25, 0.3) is 0 Å². The van der Waals surface area contributed by atoms with Crippen LogP contribution in [0.25, 0.3) is 0 Å². The van der Waals surface area contributed by atoms with E-state index in [1.807, 2.05) is 52.0 Å². The van der Waals surface area contributed by atoms with Crippen LogP contribution in [0.4, 0.5) is 9.59 Å². The summed E-state index contributed by atoms with van der Waals surface area (Å²) >= 11 is 3.45. The van der Waals surface area contributed by atoms with Gasteiger partial charge in [-0.1, -0.05) is 41.9 Å². The van der Waals surface area contributed by atoms with Crippen LogP contribution in [0.5, 0.6) is 0 Å². The molecule has 0 spiro atoms. The molecule has 1 unspecified atom stereocenters. The minimum atomic E-state index is -0.619. The molecule has 0 radical (unpaired) electrons. The molecule has 7 nitrogen and oxygen atoms in total. The largest absolute Gasteiger partial charge is 0.444 e. The van der Waals surface area contributed by atoms with Gasteiger partial charge in [0.05, 0.1) is 5.41 Å². The molecule has 1 heterocycles. The zero-order chi connectivity index (χ0) is 24.3. The average molecular weight is 509 g/mol. The van der Waals surface area contributed by atoms with Gasteiger partial charge in [0.1, 0.15) is 11.4 Å². The smallest absolute Gasteiger partial charge is 0.410 e. The molecule has 1 aliphatic rings. The van der Waals surface area contributed by atoms with Gasteiger partial charge in [0.2, 0.25) is 0 Å². The van der Waals surface area contributed by atoms with Gasteiger partial charge in [-0.3, -0.25) is 10.7 Å². The van der Waals surface area contributed by atoms with Crippen molar-refractivity contribution in [3.63, 3.8) is 0 Å². The maximum atomic E-state index is 12.9. The summed E-state index contributed by atoms with van der Waals surface area (Å²) in [6.45, 7) is 12.7. The van der Waals surface area contributed by atoms with E-state index in [-0.39, 0.29) is 29.9 Å². The Kier molecular flexibility index (Phi) is 8.37. The first-order chi connectivity index (χ1) is 14.8. The SMILES string of the molecule is CC(C)C(C)(C(=N)NC(=O)N1CCC(N(C)C(=O)OC(C)(C)C)CC1)c1ccc(Br)cc1. The lowest BCUT2D eigenvalue weighted by atomic mass is 9.72. The zero-order valence-corrected chi connectivity index (χ0v) is 21.9. The van der Waals surface area contributed by atoms with Crippen molar-refractivity contribution in [1.82, 2.24) is 15.1 Å². The van der Waals surface area contributed by atoms with Crippen LogP contribution >= 0.6 is 15.9 Å². The highest BCUT2D eigenvalue weighted by molar-refractivity contribution is 9.10. The summed E-state index contributed by atoms with van der Waals surface area (Å²) in [4.78, 5) is 28.6. The molecular weight excluding hydrogens is 472 g/mol. The highest BCUT2D eigenvalue weighted by Gasteiger charge is 2.37. The number of carbonyl (C=O) groups excluding carboxylic acids is 2. The number of nitrogens with one attached hydrogen (secondary N) is 2. The monoisotopic (exact) mass is 508 g/mol. The number of rotatable bonds is 4. The predicted octanol–water partition coefficient (Wildman–Crippen LogP) is 5.38. The number of benzene rings is 1. The van der Waals surface area contributed by atoms with E-state index < -0.39 is 11.0 Å². The molecule has 3 amide bonds. The van der Waals surface area contributed by atoms with E-state index in [0.717, 1.165) is 10.0 Å². The summed E-state index contributed by atoms with van der Waals surface area (Å²) in [6.07, 6.45) is 0.999. The number of halogens is 1. The number of hydrogen-bond donors (Lipinski definition) is 2. The van der Waals surface area contributed by atoms with Crippen molar-refractivity contribution < 1.29 is 14.3 Å². The van der Waals surface area contributed by atoms with Gasteiger partial charge in [-0.2, -0.15) is 0 Å². The van der Waals surface area contributed by atoms with Crippen molar-refractivity contribution in [3.05, 3.63) is 34.3 Å². The Hall–Kier alpha value is -2.09. The molecule has 0 bridgehead atoms. The summed E-state index contributed by atoms with van der Waals surface area (Å²) in [5, 5.41) is 11.6. The molecule has 1 aromatic rings. The van der Waals surface area contributed by atoms with Crippen molar-refractivity contribution in [2.24, 2.45) is 5.92 Å². The number of amidine groups is 1. The first-order valence-corrected chi connectivity index (χ1v) is 11.9. The van der Waals surface area contributed by atoms with Gasteiger partial charge >= 0.3 is 12.1 Å². The molecule has 178 valence electrons. The number of urea groups is 1. The highest BCUT2D eigenvalue weighted by Crippen LogP contribution is 2.33. The van der Waals surface area contributed by atoms with E-state index in [1.54, 1.807) is 16.8 Å². The average Bonchev–Trinajstić information content (AvgIpc) is 2.71. The van der Waals surface area contributed by atoms with Crippen LogP contribution in [-0.4, -0.2) is 59.5 Å². The lowest BCUT2D eigenvalue weighted by molar-refractivity contribution is 0.0168. The number of nitrogens with zero attached hydrogens (tertiary/aromatic N) is 2. The predicted molar refractivity (Wildman–Crippen MR) is 131 cm³/mol. The third kappa shape index (κ3) is 6.24. The quantitative estimate of drug-likeness (QED) is 0.422. The van der Waals surface area contributed by atoms with E-state index >= 15 is 0 Å². The summed E-state index contributed by atoms with van der Waals surface area (Å²) in [5.41, 5.74) is -0.172. The molecule has 1 saturated heterocycles. The van der Waals surface area contributed by atoms with Gasteiger partial charge in [-0.25, -0.2) is 9.59 Å². The number of carbonyl (C=O) groups is 2. The summed E-state index contributed by atoms with van der Waals surface area (Å²) < 4.78 is 6.43. The molecule has 1 aliphatic heterocycles. The van der Waals surface area contributed by atoms with Gasteiger partial charge in [0.15, 0.2) is 0 Å². The highest BCUT2D eigenvalue weighted by atomic mass is 79.9. The van der Waals surface area contributed by atoms with Crippen LogP contribution in [0.15, 0.2) is 28.7 Å².